The van der Waals surface area contributed by atoms with Crippen molar-refractivity contribution in [2.24, 2.45) is 0 Å². The van der Waals surface area contributed by atoms with E-state index in [9.17, 15) is 0 Å². The van der Waals surface area contributed by atoms with Gasteiger partial charge in [-0.15, -0.1) is 0 Å². The zero-order chi connectivity index (χ0) is 54.4. The molecule has 0 aliphatic rings. The molecule has 0 aliphatic carbocycles. The number of aromatic nitrogens is 1. The number of hydrogen-bond acceptors (Lipinski definition) is 2. The Bertz CT molecular complexity index is 4420. The van der Waals surface area contributed by atoms with Crippen LogP contribution in [0, 0.1) is 0 Å². The van der Waals surface area contributed by atoms with E-state index in [1.165, 1.54) is 0 Å². The minimum Gasteiger partial charge on any atom is -0.456 e. The van der Waals surface area contributed by atoms with Gasteiger partial charge in [0.2, 0.25) is 0 Å². The van der Waals surface area contributed by atoms with Gasteiger partial charge in [0, 0.05) is 44.3 Å². The molecule has 0 fully saturated rings. The van der Waals surface area contributed by atoms with Crippen molar-refractivity contribution in [3.63, 3.8) is 0 Å². The fraction of sp³-hybridized carbons (Fsp3) is 0. The van der Waals surface area contributed by atoms with Crippen LogP contribution in [-0.2, 0) is 0 Å². The number of rotatable bonds is 9. The molecule has 11 aromatic carbocycles. The summed E-state index contributed by atoms with van der Waals surface area (Å²) in [6, 6.07) is 65.4. The Morgan fingerprint density at radius 1 is 0.333 bits per heavy atom. The van der Waals surface area contributed by atoms with Crippen molar-refractivity contribution in [1.29, 1.82) is 0 Å². The zero-order valence-corrected chi connectivity index (χ0v) is 36.9. The topological polar surface area (TPSA) is 21.3 Å². The number of hydrogen-bond donors (Lipinski definition) is 0. The van der Waals surface area contributed by atoms with Gasteiger partial charge in [-0.3, -0.25) is 0 Å². The first-order valence-corrected chi connectivity index (χ1v) is 22.7. The maximum Gasteiger partial charge on any atom is 0.135 e. The molecule has 0 aliphatic heterocycles. The molecule has 0 N–H and O–H groups in total. The largest absolute Gasteiger partial charge is 0.456 e. The summed E-state index contributed by atoms with van der Waals surface area (Å²) < 4.78 is 92.8. The second-order valence-corrected chi connectivity index (χ2v) is 17.0. The maximum atomic E-state index is 8.66. The predicted molar refractivity (Wildman–Crippen MR) is 290 cm³/mol. The van der Waals surface area contributed by atoms with E-state index >= 15 is 0 Å². The Morgan fingerprint density at radius 2 is 0.826 bits per heavy atom. The van der Waals surface area contributed by atoms with Gasteiger partial charge in [0.1, 0.15) is 11.2 Å². The average Bonchev–Trinajstić information content (AvgIpc) is 4.28. The molecule has 13 rings (SSSR count). The average molecular weight is 891 g/mol. The summed E-state index contributed by atoms with van der Waals surface area (Å²) in [5.74, 6) is 0. The number of benzene rings is 11. The molecule has 0 atom stereocenters. The van der Waals surface area contributed by atoms with Crippen LogP contribution in [0.1, 0.15) is 13.7 Å². The molecular weight excluding hydrogens is 837 g/mol. The molecule has 69 heavy (non-hydrogen) atoms. The number of furan rings is 1. The summed E-state index contributed by atoms with van der Waals surface area (Å²) in [7, 11) is 0. The number of para-hydroxylation sites is 3. The van der Waals surface area contributed by atoms with Crippen molar-refractivity contribution in [2.75, 3.05) is 4.90 Å². The van der Waals surface area contributed by atoms with Crippen LogP contribution < -0.4 is 4.90 Å². The molecule has 0 radical (unpaired) electrons. The van der Waals surface area contributed by atoms with Crippen LogP contribution in [0.5, 0.6) is 0 Å². The molecule has 2 aromatic heterocycles. The van der Waals surface area contributed by atoms with Gasteiger partial charge in [-0.25, -0.2) is 0 Å². The molecule has 0 bridgehead atoms. The first-order valence-electron chi connectivity index (χ1n) is 27.7. The molecular formula is C66H44N2O. The van der Waals surface area contributed by atoms with Crippen molar-refractivity contribution >= 4 is 60.8 Å². The van der Waals surface area contributed by atoms with E-state index in [4.69, 9.17) is 18.1 Å². The van der Waals surface area contributed by atoms with Gasteiger partial charge >= 0.3 is 0 Å². The standard InChI is InChI=1S/C66H44N2O/c1-4-15-45(16-5-1)47-27-34-55(35-28-47)67(56-36-29-48(30-37-56)46-17-6-2-7-18-46)57-38-31-49(32-39-57)51-41-52(50-33-40-65-61(44-50)59-21-11-13-26-64(59)69-65)43-53(42-51)58-23-14-25-63-66(58)60-22-10-12-24-62(60)68(63)54-19-8-3-9-20-54/h1-44H/i1D,2D,4D,5D,6D,7D,15D,16D,17D,18D. The molecule has 0 spiro atoms. The molecule has 0 unspecified atom stereocenters. The monoisotopic (exact) mass is 890 g/mol. The van der Waals surface area contributed by atoms with Crippen LogP contribution >= 0.6 is 0 Å². The lowest BCUT2D eigenvalue weighted by Gasteiger charge is -2.26. The van der Waals surface area contributed by atoms with Crippen LogP contribution in [0.3, 0.4) is 0 Å². The Kier molecular flexibility index (Phi) is 7.58. The number of anilines is 3. The highest BCUT2D eigenvalue weighted by molar-refractivity contribution is 6.16. The predicted octanol–water partition coefficient (Wildman–Crippen LogP) is 18.5. The van der Waals surface area contributed by atoms with E-state index in [-0.39, 0.29) is 35.3 Å². The molecule has 2 heterocycles. The van der Waals surface area contributed by atoms with Crippen LogP contribution in [0.2, 0.25) is 0 Å². The van der Waals surface area contributed by atoms with Crippen molar-refractivity contribution < 1.29 is 18.1 Å². The van der Waals surface area contributed by atoms with Crippen LogP contribution in [0.15, 0.2) is 271 Å². The Labute approximate surface area is 415 Å². The van der Waals surface area contributed by atoms with Crippen molar-refractivity contribution in [3.8, 4) is 61.3 Å². The highest BCUT2D eigenvalue weighted by Gasteiger charge is 2.19. The molecule has 0 amide bonds. The molecule has 324 valence electrons. The summed E-state index contributed by atoms with van der Waals surface area (Å²) >= 11 is 0. The van der Waals surface area contributed by atoms with Gasteiger partial charge in [-0.1, -0.05) is 170 Å². The quantitative estimate of drug-likeness (QED) is 0.144. The number of nitrogens with zero attached hydrogens (tertiary/aromatic N) is 2. The first kappa shape index (κ1) is 30.9. The van der Waals surface area contributed by atoms with Gasteiger partial charge in [-0.05, 0) is 153 Å². The van der Waals surface area contributed by atoms with Crippen molar-refractivity contribution in [3.05, 3.63) is 267 Å². The Morgan fingerprint density at radius 3 is 1.46 bits per heavy atom. The summed E-state index contributed by atoms with van der Waals surface area (Å²) in [6.07, 6.45) is 0. The Balaban J connectivity index is 0.965. The zero-order valence-electron chi connectivity index (χ0n) is 46.9. The van der Waals surface area contributed by atoms with E-state index in [2.05, 4.69) is 120 Å². The highest BCUT2D eigenvalue weighted by Crippen LogP contribution is 2.43. The second kappa shape index (κ2) is 16.9. The third kappa shape index (κ3) is 7.25. The second-order valence-electron chi connectivity index (χ2n) is 17.0. The van der Waals surface area contributed by atoms with Crippen molar-refractivity contribution in [1.82, 2.24) is 4.57 Å². The summed E-state index contributed by atoms with van der Waals surface area (Å²) in [6.45, 7) is 0. The molecule has 0 saturated heterocycles. The minimum atomic E-state index is -0.464. The van der Waals surface area contributed by atoms with Gasteiger partial charge in [0.15, 0.2) is 0 Å². The van der Waals surface area contributed by atoms with Crippen LogP contribution in [0.25, 0.3) is 105 Å². The van der Waals surface area contributed by atoms with E-state index < -0.39 is 36.3 Å². The molecule has 13 aromatic rings. The normalized spacial score (nSPS) is 13.5. The lowest BCUT2D eigenvalue weighted by Crippen LogP contribution is -2.09. The van der Waals surface area contributed by atoms with Crippen LogP contribution in [0.4, 0.5) is 17.1 Å². The smallest absolute Gasteiger partial charge is 0.135 e. The lowest BCUT2D eigenvalue weighted by atomic mass is 9.91. The van der Waals surface area contributed by atoms with E-state index in [1.54, 1.807) is 24.3 Å². The van der Waals surface area contributed by atoms with E-state index in [1.807, 2.05) is 71.6 Å². The number of fused-ring (bicyclic) bond motifs is 6. The summed E-state index contributed by atoms with van der Waals surface area (Å²) in [4.78, 5) is 2.01. The van der Waals surface area contributed by atoms with Gasteiger partial charge < -0.3 is 13.9 Å². The third-order valence-corrected chi connectivity index (χ3v) is 13.0. The van der Waals surface area contributed by atoms with E-state index in [0.717, 1.165) is 88.5 Å². The summed E-state index contributed by atoms with van der Waals surface area (Å²) in [5.41, 5.74) is 14.3. The molecule has 3 nitrogen and oxygen atoms in total. The Hall–Kier alpha value is -9.18. The van der Waals surface area contributed by atoms with E-state index in [0.29, 0.717) is 22.5 Å². The fourth-order valence-electron chi connectivity index (χ4n) is 9.73. The SMILES string of the molecule is [2H]c1c([2H])c([2H])c(-c2ccc(N(c3ccc(-c4cc(-c5ccc6oc7ccccc7c6c5)cc(-c5cccc6c5c5ccccc5n6-c5ccccc5)c4)cc3)c3ccc(-c4c([2H])c([2H])c([2H])c([2H])c4[2H])cc3)cc2)c([2H])c1[2H]. The first-order chi connectivity index (χ1) is 38.3. The van der Waals surface area contributed by atoms with Gasteiger partial charge in [0.25, 0.3) is 0 Å². The lowest BCUT2D eigenvalue weighted by molar-refractivity contribution is 0.669. The van der Waals surface area contributed by atoms with Gasteiger partial charge in [0.05, 0.1) is 24.7 Å². The van der Waals surface area contributed by atoms with Crippen molar-refractivity contribution in [2.45, 2.75) is 0 Å². The third-order valence-electron chi connectivity index (χ3n) is 13.0. The fourth-order valence-corrected chi connectivity index (χ4v) is 9.73. The van der Waals surface area contributed by atoms with Gasteiger partial charge in [-0.2, -0.15) is 0 Å². The summed E-state index contributed by atoms with van der Waals surface area (Å²) in [5, 5.41) is 4.35. The maximum absolute atomic E-state index is 8.66. The molecule has 3 heteroatoms. The minimum absolute atomic E-state index is 0.0919. The molecule has 0 saturated carbocycles. The van der Waals surface area contributed by atoms with Crippen LogP contribution in [-0.4, -0.2) is 4.57 Å². The highest BCUT2D eigenvalue weighted by atomic mass is 16.3.